The van der Waals surface area contributed by atoms with Gasteiger partial charge in [-0.2, -0.15) is 10.4 Å². The van der Waals surface area contributed by atoms with E-state index in [9.17, 15) is 10.1 Å². The van der Waals surface area contributed by atoms with Crippen LogP contribution in [0.4, 0.5) is 0 Å². The first-order valence-electron chi connectivity index (χ1n) is 9.19. The Morgan fingerprint density at radius 2 is 1.86 bits per heavy atom. The number of carbonyl (C=O) groups is 1. The predicted molar refractivity (Wildman–Crippen MR) is 109 cm³/mol. The van der Waals surface area contributed by atoms with Gasteiger partial charge < -0.3 is 4.74 Å². The van der Waals surface area contributed by atoms with E-state index in [1.165, 1.54) is 11.6 Å². The van der Waals surface area contributed by atoms with E-state index >= 15 is 0 Å². The van der Waals surface area contributed by atoms with E-state index in [0.29, 0.717) is 11.3 Å². The van der Waals surface area contributed by atoms with Crippen LogP contribution in [0.3, 0.4) is 0 Å². The maximum Gasteiger partial charge on any atom is 0.348 e. The molecule has 140 valence electrons. The lowest BCUT2D eigenvalue weighted by Crippen LogP contribution is -2.06. The zero-order chi connectivity index (χ0) is 19.9. The van der Waals surface area contributed by atoms with Crippen LogP contribution in [-0.4, -0.2) is 22.4 Å². The van der Waals surface area contributed by atoms with Crippen molar-refractivity contribution in [3.05, 3.63) is 77.5 Å². The number of para-hydroxylation sites is 1. The molecule has 3 rings (SSSR count). The largest absolute Gasteiger partial charge is 0.462 e. The molecular formula is C23H21N3O2. The molecule has 3 aromatic rings. The van der Waals surface area contributed by atoms with Gasteiger partial charge in [-0.05, 0) is 37.1 Å². The van der Waals surface area contributed by atoms with Crippen LogP contribution in [0.2, 0.25) is 0 Å². The summed E-state index contributed by atoms with van der Waals surface area (Å²) in [5.41, 5.74) is 4.36. The molecule has 0 radical (unpaired) electrons. The molecule has 0 aliphatic heterocycles. The fourth-order valence-electron chi connectivity index (χ4n) is 2.83. The summed E-state index contributed by atoms with van der Waals surface area (Å²) >= 11 is 0. The highest BCUT2D eigenvalue weighted by Gasteiger charge is 2.15. The van der Waals surface area contributed by atoms with Crippen molar-refractivity contribution in [1.29, 1.82) is 5.26 Å². The number of benzene rings is 2. The van der Waals surface area contributed by atoms with Gasteiger partial charge in [-0.1, -0.05) is 49.4 Å². The molecule has 0 spiro atoms. The Bertz CT molecular complexity index is 1030. The molecule has 0 amide bonds. The van der Waals surface area contributed by atoms with Gasteiger partial charge in [0, 0.05) is 17.3 Å². The molecule has 1 heterocycles. The standard InChI is InChI=1S/C23H21N3O2/c1-3-17-10-12-18(13-11-17)22-20(14-19(15-24)23(27)28-4-2)16-26(25-22)21-8-6-5-7-9-21/h5-14,16H,3-4H2,1-2H3. The lowest BCUT2D eigenvalue weighted by atomic mass is 10.0. The van der Waals surface area contributed by atoms with E-state index in [4.69, 9.17) is 9.84 Å². The van der Waals surface area contributed by atoms with E-state index < -0.39 is 5.97 Å². The first kappa shape index (κ1) is 19.1. The molecule has 0 aliphatic carbocycles. The smallest absolute Gasteiger partial charge is 0.348 e. The van der Waals surface area contributed by atoms with E-state index in [-0.39, 0.29) is 12.2 Å². The third-order valence-corrected chi connectivity index (χ3v) is 4.31. The molecule has 0 saturated carbocycles. The van der Waals surface area contributed by atoms with Crippen LogP contribution in [0, 0.1) is 11.3 Å². The highest BCUT2D eigenvalue weighted by molar-refractivity contribution is 5.98. The van der Waals surface area contributed by atoms with Crippen LogP contribution in [-0.2, 0) is 16.0 Å². The van der Waals surface area contributed by atoms with Crippen molar-refractivity contribution >= 4 is 12.0 Å². The second-order valence-corrected chi connectivity index (χ2v) is 6.15. The predicted octanol–water partition coefficient (Wildman–Crippen LogP) is 4.57. The van der Waals surface area contributed by atoms with Crippen LogP contribution >= 0.6 is 0 Å². The Morgan fingerprint density at radius 3 is 2.46 bits per heavy atom. The quantitative estimate of drug-likeness (QED) is 0.361. The topological polar surface area (TPSA) is 67.9 Å². The van der Waals surface area contributed by atoms with Gasteiger partial charge in [0.1, 0.15) is 11.6 Å². The van der Waals surface area contributed by atoms with Gasteiger partial charge in [-0.15, -0.1) is 0 Å². The average Bonchev–Trinajstić information content (AvgIpc) is 3.16. The summed E-state index contributed by atoms with van der Waals surface area (Å²) in [5.74, 6) is -0.634. The molecule has 0 unspecified atom stereocenters. The fourth-order valence-corrected chi connectivity index (χ4v) is 2.83. The normalized spacial score (nSPS) is 11.1. The third-order valence-electron chi connectivity index (χ3n) is 4.31. The Balaban J connectivity index is 2.12. The van der Waals surface area contributed by atoms with Gasteiger partial charge in [0.2, 0.25) is 0 Å². The highest BCUT2D eigenvalue weighted by Crippen LogP contribution is 2.26. The number of esters is 1. The molecule has 0 bridgehead atoms. The van der Waals surface area contributed by atoms with Crippen LogP contribution in [0.5, 0.6) is 0 Å². The molecule has 2 aromatic carbocycles. The highest BCUT2D eigenvalue weighted by atomic mass is 16.5. The van der Waals surface area contributed by atoms with Crippen LogP contribution in [0.15, 0.2) is 66.4 Å². The number of nitrogens with zero attached hydrogens (tertiary/aromatic N) is 3. The van der Waals surface area contributed by atoms with Crippen LogP contribution < -0.4 is 0 Å². The minimum Gasteiger partial charge on any atom is -0.462 e. The van der Waals surface area contributed by atoms with E-state index in [1.54, 1.807) is 11.6 Å². The van der Waals surface area contributed by atoms with Gasteiger partial charge >= 0.3 is 5.97 Å². The lowest BCUT2D eigenvalue weighted by Gasteiger charge is -2.03. The Labute approximate surface area is 164 Å². The molecule has 5 nitrogen and oxygen atoms in total. The molecule has 0 atom stereocenters. The number of nitriles is 1. The Morgan fingerprint density at radius 1 is 1.14 bits per heavy atom. The van der Waals surface area contributed by atoms with E-state index in [0.717, 1.165) is 17.7 Å². The van der Waals surface area contributed by atoms with Crippen molar-refractivity contribution in [2.24, 2.45) is 0 Å². The zero-order valence-electron chi connectivity index (χ0n) is 15.9. The second kappa shape index (κ2) is 8.83. The first-order chi connectivity index (χ1) is 13.7. The maximum absolute atomic E-state index is 12.0. The number of carbonyl (C=O) groups excluding carboxylic acids is 1. The molecule has 0 fully saturated rings. The van der Waals surface area contributed by atoms with Crippen molar-refractivity contribution in [3.8, 4) is 23.0 Å². The van der Waals surface area contributed by atoms with Crippen molar-refractivity contribution < 1.29 is 9.53 Å². The van der Waals surface area contributed by atoms with Gasteiger partial charge in [0.15, 0.2) is 0 Å². The minimum atomic E-state index is -0.634. The molecule has 0 N–H and O–H groups in total. The number of ether oxygens (including phenoxy) is 1. The number of hydrogen-bond donors (Lipinski definition) is 0. The number of aromatic nitrogens is 2. The van der Waals surface area contributed by atoms with Crippen LogP contribution in [0.1, 0.15) is 25.0 Å². The number of aryl methyl sites for hydroxylation is 1. The minimum absolute atomic E-state index is 0.0547. The van der Waals surface area contributed by atoms with E-state index in [2.05, 4.69) is 19.1 Å². The number of hydrogen-bond acceptors (Lipinski definition) is 4. The van der Waals surface area contributed by atoms with Gasteiger partial charge in [-0.25, -0.2) is 9.48 Å². The second-order valence-electron chi connectivity index (χ2n) is 6.15. The summed E-state index contributed by atoms with van der Waals surface area (Å²) in [5, 5.41) is 14.1. The summed E-state index contributed by atoms with van der Waals surface area (Å²) in [6.45, 7) is 4.03. The fraction of sp³-hybridized carbons (Fsp3) is 0.174. The van der Waals surface area contributed by atoms with Crippen molar-refractivity contribution in [2.75, 3.05) is 6.61 Å². The maximum atomic E-state index is 12.0. The van der Waals surface area contributed by atoms with Crippen molar-refractivity contribution in [1.82, 2.24) is 9.78 Å². The molecule has 0 aliphatic rings. The lowest BCUT2D eigenvalue weighted by molar-refractivity contribution is -0.137. The molecule has 5 heteroatoms. The van der Waals surface area contributed by atoms with Crippen molar-refractivity contribution in [2.45, 2.75) is 20.3 Å². The van der Waals surface area contributed by atoms with E-state index in [1.807, 2.05) is 54.7 Å². The summed E-state index contributed by atoms with van der Waals surface area (Å²) in [6, 6.07) is 19.7. The SMILES string of the molecule is CCOC(=O)C(C#N)=Cc1cn(-c2ccccc2)nc1-c1ccc(CC)cc1. The van der Waals surface area contributed by atoms with Gasteiger partial charge in [0.25, 0.3) is 0 Å². The summed E-state index contributed by atoms with van der Waals surface area (Å²) < 4.78 is 6.72. The Kier molecular flexibility index (Phi) is 6.03. The summed E-state index contributed by atoms with van der Waals surface area (Å²) in [4.78, 5) is 12.0. The molecule has 1 aromatic heterocycles. The van der Waals surface area contributed by atoms with Gasteiger partial charge in [0.05, 0.1) is 18.0 Å². The first-order valence-corrected chi connectivity index (χ1v) is 9.19. The summed E-state index contributed by atoms with van der Waals surface area (Å²) in [7, 11) is 0. The van der Waals surface area contributed by atoms with Crippen molar-refractivity contribution in [3.63, 3.8) is 0 Å². The molecular weight excluding hydrogens is 350 g/mol. The Hall–Kier alpha value is -3.65. The number of rotatable bonds is 6. The zero-order valence-corrected chi connectivity index (χ0v) is 15.9. The van der Waals surface area contributed by atoms with Gasteiger partial charge in [-0.3, -0.25) is 0 Å². The monoisotopic (exact) mass is 371 g/mol. The summed E-state index contributed by atoms with van der Waals surface area (Å²) in [6.07, 6.45) is 4.30. The molecule has 0 saturated heterocycles. The molecule has 28 heavy (non-hydrogen) atoms. The van der Waals surface area contributed by atoms with Crippen LogP contribution in [0.25, 0.3) is 23.0 Å². The average molecular weight is 371 g/mol. The third kappa shape index (κ3) is 4.18.